The van der Waals surface area contributed by atoms with Crippen molar-refractivity contribution in [1.82, 2.24) is 0 Å². The van der Waals surface area contributed by atoms with Gasteiger partial charge in [-0.15, -0.1) is 0 Å². The predicted octanol–water partition coefficient (Wildman–Crippen LogP) is -3.62. The molecule has 0 unspecified atom stereocenters. The van der Waals surface area contributed by atoms with Crippen molar-refractivity contribution in [1.29, 1.82) is 0 Å². The Bertz CT molecular complexity index is 159. The molecule has 0 saturated carbocycles. The molecule has 12 heavy (non-hydrogen) atoms. The molecule has 0 aliphatic carbocycles. The van der Waals surface area contributed by atoms with E-state index in [1.165, 1.54) is 0 Å². The second-order valence-corrected chi connectivity index (χ2v) is 1.88. The van der Waals surface area contributed by atoms with Gasteiger partial charge >= 0.3 is 63.3 Å². The van der Waals surface area contributed by atoms with Crippen LogP contribution in [0.1, 0.15) is 14.3 Å². The maximum Gasteiger partial charge on any atom is 1.00 e. The van der Waals surface area contributed by atoms with Crippen molar-refractivity contribution >= 4 is 11.9 Å². The number of carbonyl (C=O) groups is 2. The first-order chi connectivity index (χ1) is 4.54. The largest absolute Gasteiger partial charge is 1.00 e. The fourth-order valence-corrected chi connectivity index (χ4v) is 0.402. The van der Waals surface area contributed by atoms with Crippen molar-refractivity contribution < 1.29 is 92.1 Å². The number of carboxylic acid groups (broad SMARTS) is 2. The molecule has 0 heterocycles. The Labute approximate surface area is 127 Å². The van der Waals surface area contributed by atoms with E-state index in [9.17, 15) is 9.59 Å². The van der Waals surface area contributed by atoms with Crippen LogP contribution in [0, 0.1) is 0 Å². The molecule has 0 aliphatic rings. The summed E-state index contributed by atoms with van der Waals surface area (Å²) in [7, 11) is 0. The molecule has 4 N–H and O–H groups in total. The smallest absolute Gasteiger partial charge is 1.00 e. The van der Waals surface area contributed by atoms with Gasteiger partial charge in [0.2, 0.25) is 0 Å². The Morgan fingerprint density at radius 1 is 1.42 bits per heavy atom. The average Bonchev–Trinajstić information content (AvgIpc) is 1.82. The van der Waals surface area contributed by atoms with Crippen LogP contribution in [-0.2, 0) is 29.1 Å². The predicted molar refractivity (Wildman–Crippen MR) is 33.6 cm³/mol. The van der Waals surface area contributed by atoms with Crippen LogP contribution in [0.15, 0.2) is 0 Å². The molecular formula is C5H10KNO4Zn. The summed E-state index contributed by atoms with van der Waals surface area (Å²) in [4.78, 5) is 19.9. The molecule has 0 radical (unpaired) electrons. The third-order valence-electron chi connectivity index (χ3n) is 0.986. The van der Waals surface area contributed by atoms with Gasteiger partial charge in [0.25, 0.3) is 0 Å². The Morgan fingerprint density at radius 2 is 1.83 bits per heavy atom. The quantitative estimate of drug-likeness (QED) is 0.449. The van der Waals surface area contributed by atoms with Gasteiger partial charge in [-0.2, -0.15) is 0 Å². The van der Waals surface area contributed by atoms with E-state index in [1.807, 2.05) is 0 Å². The van der Waals surface area contributed by atoms with E-state index in [1.54, 1.807) is 0 Å². The third-order valence-corrected chi connectivity index (χ3v) is 0.986. The number of hydrogen-bond donors (Lipinski definition) is 3. The van der Waals surface area contributed by atoms with Crippen molar-refractivity contribution in [3.05, 3.63) is 0 Å². The summed E-state index contributed by atoms with van der Waals surface area (Å²) in [5, 5.41) is 16.3. The van der Waals surface area contributed by atoms with Gasteiger partial charge in [-0.1, -0.05) is 0 Å². The molecule has 0 spiro atoms. The topological polar surface area (TPSA) is 101 Å². The van der Waals surface area contributed by atoms with Crippen LogP contribution in [0.2, 0.25) is 0 Å². The van der Waals surface area contributed by atoms with Gasteiger partial charge in [0.15, 0.2) is 0 Å². The Morgan fingerprint density at radius 3 is 2.08 bits per heavy atom. The van der Waals surface area contributed by atoms with Crippen molar-refractivity contribution in [3.63, 3.8) is 0 Å². The van der Waals surface area contributed by atoms with Crippen molar-refractivity contribution in [2.24, 2.45) is 5.73 Å². The van der Waals surface area contributed by atoms with Crippen LogP contribution in [0.4, 0.5) is 0 Å². The monoisotopic (exact) mass is 251 g/mol. The minimum Gasteiger partial charge on any atom is -1.00 e. The van der Waals surface area contributed by atoms with Crippen LogP contribution in [0.25, 0.3) is 0 Å². The molecule has 0 bridgehead atoms. The third kappa shape index (κ3) is 11.2. The van der Waals surface area contributed by atoms with E-state index < -0.39 is 18.0 Å². The SMILES string of the molecule is N[C@@H](CCC(=O)O)C(=O)O.[H-].[K+].[Zn]. The summed E-state index contributed by atoms with van der Waals surface area (Å²) in [5.41, 5.74) is 5.00. The molecule has 62 valence electrons. The van der Waals surface area contributed by atoms with Gasteiger partial charge in [0, 0.05) is 25.9 Å². The fraction of sp³-hybridized carbons (Fsp3) is 0.600. The molecule has 0 rings (SSSR count). The molecule has 0 fully saturated rings. The molecule has 0 aromatic heterocycles. The molecule has 0 amide bonds. The first kappa shape index (κ1) is 18.9. The van der Waals surface area contributed by atoms with Crippen LogP contribution in [-0.4, -0.2) is 28.2 Å². The minimum absolute atomic E-state index is 0. The summed E-state index contributed by atoms with van der Waals surface area (Å²) in [6.45, 7) is 0. The second-order valence-electron chi connectivity index (χ2n) is 1.88. The zero-order valence-electron chi connectivity index (χ0n) is 7.99. The minimum atomic E-state index is -1.17. The Hall–Kier alpha value is 1.16. The van der Waals surface area contributed by atoms with Gasteiger partial charge in [-0.05, 0) is 6.42 Å². The molecule has 5 nitrogen and oxygen atoms in total. The van der Waals surface area contributed by atoms with E-state index >= 15 is 0 Å². The normalized spacial score (nSPS) is 10.4. The summed E-state index contributed by atoms with van der Waals surface area (Å²) >= 11 is 0. The van der Waals surface area contributed by atoms with Crippen molar-refractivity contribution in [2.75, 3.05) is 0 Å². The standard InChI is InChI=1S/C5H9NO4.K.Zn.H/c6-3(5(9)10)1-2-4(7)8;;;/h3H,1-2,6H2,(H,7,8)(H,9,10);;;/q;+1;;-1/t3-;;;/m0.../s1. The van der Waals surface area contributed by atoms with Crippen LogP contribution in [0.3, 0.4) is 0 Å². The van der Waals surface area contributed by atoms with Crippen LogP contribution < -0.4 is 57.1 Å². The second kappa shape index (κ2) is 10.2. The summed E-state index contributed by atoms with van der Waals surface area (Å²) in [6, 6.07) is -1.06. The summed E-state index contributed by atoms with van der Waals surface area (Å²) < 4.78 is 0. The maximum atomic E-state index is 9.99. The number of rotatable bonds is 4. The van der Waals surface area contributed by atoms with E-state index in [0.29, 0.717) is 0 Å². The van der Waals surface area contributed by atoms with Crippen LogP contribution >= 0.6 is 0 Å². The zero-order chi connectivity index (χ0) is 8.15. The van der Waals surface area contributed by atoms with Gasteiger partial charge in [-0.3, -0.25) is 9.59 Å². The molecule has 0 aliphatic heterocycles. The average molecular weight is 253 g/mol. The molecule has 0 saturated heterocycles. The molecule has 1 atom stereocenters. The molecule has 0 aromatic rings. The maximum absolute atomic E-state index is 9.99. The van der Waals surface area contributed by atoms with E-state index in [0.717, 1.165) is 0 Å². The van der Waals surface area contributed by atoms with Crippen molar-refractivity contribution in [2.45, 2.75) is 18.9 Å². The van der Waals surface area contributed by atoms with E-state index in [-0.39, 0.29) is 85.1 Å². The number of aliphatic carboxylic acids is 2. The molecular weight excluding hydrogens is 243 g/mol. The van der Waals surface area contributed by atoms with Gasteiger partial charge in [-0.25, -0.2) is 0 Å². The van der Waals surface area contributed by atoms with Crippen molar-refractivity contribution in [3.8, 4) is 0 Å². The summed E-state index contributed by atoms with van der Waals surface area (Å²) in [6.07, 6.45) is -0.224. The summed E-state index contributed by atoms with van der Waals surface area (Å²) in [5.74, 6) is -2.20. The number of carboxylic acids is 2. The first-order valence-electron chi connectivity index (χ1n) is 2.74. The zero-order valence-corrected chi connectivity index (χ0v) is 13.1. The van der Waals surface area contributed by atoms with Gasteiger partial charge in [0.1, 0.15) is 6.04 Å². The van der Waals surface area contributed by atoms with Crippen LogP contribution in [0.5, 0.6) is 0 Å². The number of nitrogens with two attached hydrogens (primary N) is 1. The van der Waals surface area contributed by atoms with Gasteiger partial charge < -0.3 is 17.4 Å². The molecule has 0 aromatic carbocycles. The Kier molecular flexibility index (Phi) is 16.1. The fourth-order valence-electron chi connectivity index (χ4n) is 0.402. The van der Waals surface area contributed by atoms with E-state index in [4.69, 9.17) is 15.9 Å². The molecule has 7 heteroatoms. The van der Waals surface area contributed by atoms with Gasteiger partial charge in [0.05, 0.1) is 0 Å². The first-order valence-corrected chi connectivity index (χ1v) is 2.74. The number of hydrogen-bond acceptors (Lipinski definition) is 3. The Balaban J connectivity index is -0.000000135. The van der Waals surface area contributed by atoms with E-state index in [2.05, 4.69) is 0 Å².